The minimum Gasteiger partial charge on any atom is -0.385 e. The smallest absolute Gasteiger partial charge is 0.255 e. The highest BCUT2D eigenvalue weighted by molar-refractivity contribution is 7.99. The van der Waals surface area contributed by atoms with Crippen LogP contribution in [0.1, 0.15) is 23.7 Å². The van der Waals surface area contributed by atoms with E-state index >= 15 is 0 Å². The highest BCUT2D eigenvalue weighted by Crippen LogP contribution is 2.24. The molecular formula is C14H20N2OS. The Bertz CT molecular complexity index is 416. The second-order valence-electron chi connectivity index (χ2n) is 4.51. The van der Waals surface area contributed by atoms with Crippen LogP contribution in [0.5, 0.6) is 0 Å². The molecule has 1 atom stereocenters. The number of thioether (sulfide) groups is 1. The van der Waals surface area contributed by atoms with Gasteiger partial charge < -0.3 is 10.2 Å². The first-order valence-electron chi connectivity index (χ1n) is 6.42. The van der Waals surface area contributed by atoms with Crippen LogP contribution in [-0.4, -0.2) is 41.9 Å². The molecule has 1 aliphatic heterocycles. The third-order valence-electron chi connectivity index (χ3n) is 3.30. The number of hydrogen-bond acceptors (Lipinski definition) is 3. The summed E-state index contributed by atoms with van der Waals surface area (Å²) in [6, 6.07) is 8.13. The number of nitrogens with zero attached hydrogens (tertiary/aromatic N) is 1. The van der Waals surface area contributed by atoms with Gasteiger partial charge >= 0.3 is 0 Å². The van der Waals surface area contributed by atoms with Crippen LogP contribution in [0.4, 0.5) is 5.69 Å². The van der Waals surface area contributed by atoms with Gasteiger partial charge in [0.15, 0.2) is 0 Å². The van der Waals surface area contributed by atoms with E-state index in [0.717, 1.165) is 35.7 Å². The van der Waals surface area contributed by atoms with Gasteiger partial charge in [-0.25, -0.2) is 0 Å². The molecule has 98 valence electrons. The fraction of sp³-hybridized carbons (Fsp3) is 0.500. The predicted molar refractivity (Wildman–Crippen MR) is 78.4 cm³/mol. The zero-order chi connectivity index (χ0) is 13.0. The Balaban J connectivity index is 2.16. The SMILES string of the molecule is CCNc1ccccc1C(=O)N(C)C1CCSC1. The number of nitrogens with one attached hydrogen (secondary N) is 1. The number of benzene rings is 1. The molecule has 1 aromatic rings. The first-order chi connectivity index (χ1) is 8.74. The van der Waals surface area contributed by atoms with E-state index in [-0.39, 0.29) is 5.91 Å². The van der Waals surface area contributed by atoms with Crippen molar-refractivity contribution < 1.29 is 4.79 Å². The second kappa shape index (κ2) is 6.14. The van der Waals surface area contributed by atoms with E-state index < -0.39 is 0 Å². The molecule has 1 aliphatic rings. The fourth-order valence-corrected chi connectivity index (χ4v) is 3.47. The fourth-order valence-electron chi connectivity index (χ4n) is 2.20. The van der Waals surface area contributed by atoms with Crippen LogP contribution in [0.2, 0.25) is 0 Å². The molecule has 2 rings (SSSR count). The van der Waals surface area contributed by atoms with Crippen LogP contribution in [0, 0.1) is 0 Å². The molecule has 1 unspecified atom stereocenters. The number of para-hydroxylation sites is 1. The average molecular weight is 264 g/mol. The molecule has 1 aromatic carbocycles. The summed E-state index contributed by atoms with van der Waals surface area (Å²) in [7, 11) is 1.92. The highest BCUT2D eigenvalue weighted by atomic mass is 32.2. The van der Waals surface area contributed by atoms with E-state index in [0.29, 0.717) is 6.04 Å². The molecule has 1 fully saturated rings. The van der Waals surface area contributed by atoms with E-state index in [2.05, 4.69) is 5.32 Å². The number of amides is 1. The number of carbonyl (C=O) groups excluding carboxylic acids is 1. The maximum atomic E-state index is 12.5. The normalized spacial score (nSPS) is 18.7. The Morgan fingerprint density at radius 2 is 2.28 bits per heavy atom. The molecule has 1 N–H and O–H groups in total. The molecule has 3 nitrogen and oxygen atoms in total. The highest BCUT2D eigenvalue weighted by Gasteiger charge is 2.25. The van der Waals surface area contributed by atoms with E-state index in [1.165, 1.54) is 0 Å². The summed E-state index contributed by atoms with van der Waals surface area (Å²) in [6.45, 7) is 2.87. The van der Waals surface area contributed by atoms with Crippen molar-refractivity contribution in [2.45, 2.75) is 19.4 Å². The van der Waals surface area contributed by atoms with Crippen molar-refractivity contribution in [3.8, 4) is 0 Å². The Morgan fingerprint density at radius 3 is 2.94 bits per heavy atom. The first kappa shape index (κ1) is 13.3. The third kappa shape index (κ3) is 2.80. The van der Waals surface area contributed by atoms with Gasteiger partial charge in [0.05, 0.1) is 5.56 Å². The molecule has 18 heavy (non-hydrogen) atoms. The van der Waals surface area contributed by atoms with Crippen LogP contribution in [-0.2, 0) is 0 Å². The van der Waals surface area contributed by atoms with E-state index in [1.807, 2.05) is 54.9 Å². The number of hydrogen-bond donors (Lipinski definition) is 1. The van der Waals surface area contributed by atoms with Gasteiger partial charge in [-0.05, 0) is 31.2 Å². The molecule has 0 aliphatic carbocycles. The van der Waals surface area contributed by atoms with Crippen molar-refractivity contribution >= 4 is 23.4 Å². The summed E-state index contributed by atoms with van der Waals surface area (Å²) in [5, 5.41) is 3.25. The topological polar surface area (TPSA) is 32.3 Å². The number of rotatable bonds is 4. The molecule has 1 heterocycles. The Kier molecular flexibility index (Phi) is 4.53. The quantitative estimate of drug-likeness (QED) is 0.907. The van der Waals surface area contributed by atoms with Crippen molar-refractivity contribution in [1.29, 1.82) is 0 Å². The largest absolute Gasteiger partial charge is 0.385 e. The molecule has 0 aromatic heterocycles. The van der Waals surface area contributed by atoms with Crippen molar-refractivity contribution in [2.24, 2.45) is 0 Å². The summed E-state index contributed by atoms with van der Waals surface area (Å²) in [6.07, 6.45) is 1.11. The maximum absolute atomic E-state index is 12.5. The monoisotopic (exact) mass is 264 g/mol. The van der Waals surface area contributed by atoms with Gasteiger partial charge in [0.2, 0.25) is 0 Å². The van der Waals surface area contributed by atoms with Crippen molar-refractivity contribution in [3.05, 3.63) is 29.8 Å². The van der Waals surface area contributed by atoms with Crippen molar-refractivity contribution in [3.63, 3.8) is 0 Å². The van der Waals surface area contributed by atoms with Crippen LogP contribution in [0.15, 0.2) is 24.3 Å². The minimum absolute atomic E-state index is 0.124. The third-order valence-corrected chi connectivity index (χ3v) is 4.44. The zero-order valence-corrected chi connectivity index (χ0v) is 11.8. The van der Waals surface area contributed by atoms with Gasteiger partial charge in [-0.1, -0.05) is 12.1 Å². The zero-order valence-electron chi connectivity index (χ0n) is 11.0. The molecule has 0 spiro atoms. The molecule has 4 heteroatoms. The van der Waals surface area contributed by atoms with Gasteiger partial charge in [0.1, 0.15) is 0 Å². The molecule has 0 saturated carbocycles. The molecule has 1 saturated heterocycles. The lowest BCUT2D eigenvalue weighted by Crippen LogP contribution is -2.37. The molecule has 0 radical (unpaired) electrons. The lowest BCUT2D eigenvalue weighted by Gasteiger charge is -2.25. The summed E-state index contributed by atoms with van der Waals surface area (Å²) < 4.78 is 0. The van der Waals surface area contributed by atoms with Crippen LogP contribution >= 0.6 is 11.8 Å². The second-order valence-corrected chi connectivity index (χ2v) is 5.66. The summed E-state index contributed by atoms with van der Waals surface area (Å²) in [5.41, 5.74) is 1.71. The number of carbonyl (C=O) groups is 1. The Labute approximate surface area is 113 Å². The summed E-state index contributed by atoms with van der Waals surface area (Å²) >= 11 is 1.93. The standard InChI is InChI=1S/C14H20N2OS/c1-3-15-13-7-5-4-6-12(13)14(17)16(2)11-8-9-18-10-11/h4-7,11,15H,3,8-10H2,1-2H3. The number of anilines is 1. The molecule has 1 amide bonds. The summed E-state index contributed by atoms with van der Waals surface area (Å²) in [4.78, 5) is 14.4. The predicted octanol–water partition coefficient (Wildman–Crippen LogP) is 2.70. The Hall–Kier alpha value is -1.16. The molecular weight excluding hydrogens is 244 g/mol. The van der Waals surface area contributed by atoms with Crippen LogP contribution in [0.3, 0.4) is 0 Å². The van der Waals surface area contributed by atoms with Gasteiger partial charge in [0, 0.05) is 31.1 Å². The van der Waals surface area contributed by atoms with E-state index in [9.17, 15) is 4.79 Å². The Morgan fingerprint density at radius 1 is 1.50 bits per heavy atom. The minimum atomic E-state index is 0.124. The maximum Gasteiger partial charge on any atom is 0.255 e. The first-order valence-corrected chi connectivity index (χ1v) is 7.57. The lowest BCUT2D eigenvalue weighted by atomic mass is 10.1. The van der Waals surface area contributed by atoms with E-state index in [4.69, 9.17) is 0 Å². The van der Waals surface area contributed by atoms with Gasteiger partial charge in [-0.15, -0.1) is 0 Å². The van der Waals surface area contributed by atoms with Gasteiger partial charge in [-0.2, -0.15) is 11.8 Å². The van der Waals surface area contributed by atoms with Crippen LogP contribution < -0.4 is 5.32 Å². The van der Waals surface area contributed by atoms with Crippen molar-refractivity contribution in [2.75, 3.05) is 30.4 Å². The van der Waals surface area contributed by atoms with E-state index in [1.54, 1.807) is 0 Å². The average Bonchev–Trinajstić information content (AvgIpc) is 2.92. The van der Waals surface area contributed by atoms with Crippen LogP contribution in [0.25, 0.3) is 0 Å². The molecule has 0 bridgehead atoms. The van der Waals surface area contributed by atoms with Gasteiger partial charge in [0.25, 0.3) is 5.91 Å². The lowest BCUT2D eigenvalue weighted by molar-refractivity contribution is 0.0749. The van der Waals surface area contributed by atoms with Gasteiger partial charge in [-0.3, -0.25) is 4.79 Å². The van der Waals surface area contributed by atoms with Crippen molar-refractivity contribution in [1.82, 2.24) is 4.90 Å². The summed E-state index contributed by atoms with van der Waals surface area (Å²) in [5.74, 6) is 2.35.